The number of pyridine rings is 1. The number of hydrogen-bond donors (Lipinski definition) is 0. The van der Waals surface area contributed by atoms with E-state index < -0.39 is 30.7 Å². The summed E-state index contributed by atoms with van der Waals surface area (Å²) in [5.41, 5.74) is -0.0660. The van der Waals surface area contributed by atoms with Crippen LogP contribution in [-0.2, 0) is 36.6 Å². The first-order valence-corrected chi connectivity index (χ1v) is 16.3. The van der Waals surface area contributed by atoms with E-state index in [1.54, 1.807) is 41.6 Å². The minimum absolute atomic E-state index is 0.0457. The Kier molecular flexibility index (Phi) is 5.86. The van der Waals surface area contributed by atoms with Crippen LogP contribution in [0.1, 0.15) is 30.4 Å². The molecule has 3 heterocycles. The molecule has 0 bridgehead atoms. The van der Waals surface area contributed by atoms with Crippen LogP contribution in [0.5, 0.6) is 0 Å². The third-order valence-electron chi connectivity index (χ3n) is 8.17. The number of aromatic nitrogens is 1. The lowest BCUT2D eigenvalue weighted by Gasteiger charge is -2.40. The summed E-state index contributed by atoms with van der Waals surface area (Å²) in [5, 5.41) is 11.2. The Morgan fingerprint density at radius 1 is 1.08 bits per heavy atom. The number of benzene rings is 2. The zero-order valence-corrected chi connectivity index (χ0v) is 23.5. The first-order valence-electron chi connectivity index (χ1n) is 12.5. The lowest BCUT2D eigenvalue weighted by atomic mass is 9.74. The highest BCUT2D eigenvalue weighted by atomic mass is 35.5. The normalized spacial score (nSPS) is 22.7. The Labute approximate surface area is 232 Å². The van der Waals surface area contributed by atoms with E-state index in [1.807, 2.05) is 0 Å². The van der Waals surface area contributed by atoms with Crippen LogP contribution < -0.4 is 4.90 Å². The minimum Gasteiger partial charge on any atom is -0.309 e. The van der Waals surface area contributed by atoms with Gasteiger partial charge in [-0.1, -0.05) is 23.7 Å². The molecule has 2 fully saturated rings. The summed E-state index contributed by atoms with van der Waals surface area (Å²) in [6, 6.07) is 12.1. The van der Waals surface area contributed by atoms with Gasteiger partial charge >= 0.3 is 0 Å². The molecule has 0 N–H and O–H groups in total. The molecule has 1 aliphatic carbocycles. The summed E-state index contributed by atoms with van der Waals surface area (Å²) in [4.78, 5) is 20.4. The number of nitriles is 1. The fourth-order valence-corrected chi connectivity index (χ4v) is 8.64. The van der Waals surface area contributed by atoms with Crippen LogP contribution in [-0.4, -0.2) is 57.1 Å². The molecule has 1 aromatic heterocycles. The molecule has 2 aliphatic heterocycles. The van der Waals surface area contributed by atoms with E-state index in [1.165, 1.54) is 16.4 Å². The van der Waals surface area contributed by atoms with E-state index in [0.29, 0.717) is 58.4 Å². The number of halogens is 1. The van der Waals surface area contributed by atoms with Crippen molar-refractivity contribution >= 4 is 53.8 Å². The first-order chi connectivity index (χ1) is 18.4. The van der Waals surface area contributed by atoms with Crippen LogP contribution in [0.25, 0.3) is 10.8 Å². The molecule has 1 amide bonds. The summed E-state index contributed by atoms with van der Waals surface area (Å²) in [6.45, 7) is 0.376. The van der Waals surface area contributed by atoms with Gasteiger partial charge in [0.25, 0.3) is 0 Å². The fourth-order valence-electron chi connectivity index (χ4n) is 5.82. The average molecular weight is 585 g/mol. The molecule has 1 spiro atoms. The number of carbonyl (C=O) groups is 1. The highest BCUT2D eigenvalue weighted by molar-refractivity contribution is 7.90. The molecule has 1 saturated carbocycles. The van der Waals surface area contributed by atoms with E-state index in [-0.39, 0.29) is 29.6 Å². The van der Waals surface area contributed by atoms with Gasteiger partial charge in [-0.15, -0.1) is 0 Å². The third-order valence-corrected chi connectivity index (χ3v) is 11.5. The van der Waals surface area contributed by atoms with Crippen molar-refractivity contribution in [3.05, 3.63) is 64.9 Å². The Bertz CT molecular complexity index is 1820. The molecule has 1 atom stereocenters. The maximum Gasteiger partial charge on any atom is 0.239 e. The zero-order valence-electron chi connectivity index (χ0n) is 21.1. The van der Waals surface area contributed by atoms with Crippen molar-refractivity contribution in [1.82, 2.24) is 9.29 Å². The third kappa shape index (κ3) is 4.30. The number of fused-ring (bicyclic) bond motifs is 3. The van der Waals surface area contributed by atoms with Crippen molar-refractivity contribution in [1.29, 1.82) is 5.26 Å². The van der Waals surface area contributed by atoms with Crippen LogP contribution in [0.2, 0.25) is 5.02 Å². The van der Waals surface area contributed by atoms with Gasteiger partial charge in [0.2, 0.25) is 15.9 Å². The number of sulfonamides is 1. The maximum absolute atomic E-state index is 14.3. The second-order valence-corrected chi connectivity index (χ2v) is 15.2. The van der Waals surface area contributed by atoms with Gasteiger partial charge in [-0.05, 0) is 54.7 Å². The number of amides is 1. The topological polar surface area (TPSA) is 129 Å². The fraction of sp³-hybridized carbons (Fsp3) is 0.370. The quantitative estimate of drug-likeness (QED) is 0.449. The van der Waals surface area contributed by atoms with Crippen molar-refractivity contribution in [3.8, 4) is 6.07 Å². The number of nitrogens with zero attached hydrogens (tertiary/aromatic N) is 4. The second-order valence-electron chi connectivity index (χ2n) is 10.8. The molecule has 2 aromatic carbocycles. The van der Waals surface area contributed by atoms with Gasteiger partial charge in [-0.2, -0.15) is 9.57 Å². The van der Waals surface area contributed by atoms with E-state index in [9.17, 15) is 26.9 Å². The monoisotopic (exact) mass is 584 g/mol. The molecule has 1 saturated heterocycles. The lowest BCUT2D eigenvalue weighted by molar-refractivity contribution is -0.122. The number of rotatable bonds is 5. The van der Waals surface area contributed by atoms with Gasteiger partial charge < -0.3 is 4.90 Å². The van der Waals surface area contributed by atoms with Crippen LogP contribution in [0.3, 0.4) is 0 Å². The van der Waals surface area contributed by atoms with Crippen molar-refractivity contribution in [3.63, 3.8) is 0 Å². The van der Waals surface area contributed by atoms with Crippen molar-refractivity contribution in [2.75, 3.05) is 30.0 Å². The molecule has 202 valence electrons. The Hall–Kier alpha value is -3.04. The largest absolute Gasteiger partial charge is 0.309 e. The van der Waals surface area contributed by atoms with Crippen LogP contribution in [0.4, 0.5) is 5.69 Å². The minimum atomic E-state index is -3.83. The molecule has 12 heteroatoms. The molecule has 1 unspecified atom stereocenters. The molecule has 0 radical (unpaired) electrons. The standard InChI is InChI=1S/C27H25ClN4O5S2/c1-38(34,35)21-4-5-22-19(10-21)12-30-13-24(22)32-9-8-27(25(32)33)16-31(14-18-2-3-20(28)11-23(18)27)39(36,37)17-26(15-29)6-7-26/h2-5,10-13H,6-9,14,16-17H2,1H3. The predicted molar refractivity (Wildman–Crippen MR) is 146 cm³/mol. The molecule has 3 aromatic rings. The van der Waals surface area contributed by atoms with Gasteiger partial charge in [-0.25, -0.2) is 16.8 Å². The number of anilines is 1. The smallest absolute Gasteiger partial charge is 0.239 e. The number of hydrogen-bond acceptors (Lipinski definition) is 7. The Morgan fingerprint density at radius 3 is 2.54 bits per heavy atom. The van der Waals surface area contributed by atoms with Gasteiger partial charge in [0.1, 0.15) is 0 Å². The molecule has 39 heavy (non-hydrogen) atoms. The van der Waals surface area contributed by atoms with Gasteiger partial charge in [-0.3, -0.25) is 9.78 Å². The van der Waals surface area contributed by atoms with E-state index >= 15 is 0 Å². The zero-order chi connectivity index (χ0) is 27.8. The van der Waals surface area contributed by atoms with Crippen LogP contribution in [0.15, 0.2) is 53.7 Å². The van der Waals surface area contributed by atoms with Crippen molar-refractivity contribution in [2.24, 2.45) is 5.41 Å². The first kappa shape index (κ1) is 26.2. The molecule has 3 aliphatic rings. The molecular weight excluding hydrogens is 560 g/mol. The van der Waals surface area contributed by atoms with Crippen molar-refractivity contribution < 1.29 is 21.6 Å². The van der Waals surface area contributed by atoms with Crippen LogP contribution in [0, 0.1) is 16.7 Å². The highest BCUT2D eigenvalue weighted by Gasteiger charge is 2.56. The number of sulfone groups is 1. The lowest BCUT2D eigenvalue weighted by Crippen LogP contribution is -2.53. The Balaban J connectivity index is 1.42. The van der Waals surface area contributed by atoms with Crippen LogP contribution >= 0.6 is 11.6 Å². The SMILES string of the molecule is CS(=O)(=O)c1ccc2c(N3CCC4(CN(S(=O)(=O)CC5(C#N)CC5)Cc5ccc(Cl)cc54)C3=O)cncc2c1. The van der Waals surface area contributed by atoms with Gasteiger partial charge in [0, 0.05) is 47.9 Å². The van der Waals surface area contributed by atoms with E-state index in [0.717, 1.165) is 6.26 Å². The average Bonchev–Trinajstić information content (AvgIpc) is 3.59. The maximum atomic E-state index is 14.3. The van der Waals surface area contributed by atoms with E-state index in [2.05, 4.69) is 11.1 Å². The van der Waals surface area contributed by atoms with E-state index in [4.69, 9.17) is 11.6 Å². The summed E-state index contributed by atoms with van der Waals surface area (Å²) < 4.78 is 52.5. The summed E-state index contributed by atoms with van der Waals surface area (Å²) in [5.74, 6) is -0.530. The Morgan fingerprint density at radius 2 is 1.85 bits per heavy atom. The van der Waals surface area contributed by atoms with Gasteiger partial charge in [0.15, 0.2) is 9.84 Å². The highest BCUT2D eigenvalue weighted by Crippen LogP contribution is 2.49. The summed E-state index contributed by atoms with van der Waals surface area (Å²) in [7, 11) is -7.26. The predicted octanol–water partition coefficient (Wildman–Crippen LogP) is 3.42. The molecular formula is C27H25ClN4O5S2. The number of carbonyl (C=O) groups excluding carboxylic acids is 1. The second kappa shape index (κ2) is 8.73. The van der Waals surface area contributed by atoms with Gasteiger partial charge in [0.05, 0.1) is 39.4 Å². The summed E-state index contributed by atoms with van der Waals surface area (Å²) in [6.07, 6.45) is 5.71. The van der Waals surface area contributed by atoms with Crippen molar-refractivity contribution in [2.45, 2.75) is 36.1 Å². The molecule has 9 nitrogen and oxygen atoms in total. The molecule has 6 rings (SSSR count). The summed E-state index contributed by atoms with van der Waals surface area (Å²) >= 11 is 6.36.